The molecule has 3 rings (SSSR count). The number of aryl methyl sites for hydroxylation is 1. The average Bonchev–Trinajstić information content (AvgIpc) is 2.96. The van der Waals surface area contributed by atoms with Gasteiger partial charge in [-0.3, -0.25) is 9.59 Å². The number of benzene rings is 2. The topological polar surface area (TPSA) is 40.6 Å². The molecule has 0 radical (unpaired) electrons. The molecule has 0 N–H and O–H groups in total. The molecule has 130 valence electrons. The minimum absolute atomic E-state index is 0.00152. The van der Waals surface area contributed by atoms with Crippen LogP contribution in [0.5, 0.6) is 0 Å². The first-order chi connectivity index (χ1) is 11.9. The van der Waals surface area contributed by atoms with Crippen LogP contribution in [0.1, 0.15) is 17.5 Å². The van der Waals surface area contributed by atoms with E-state index in [1.54, 1.807) is 16.8 Å². The van der Waals surface area contributed by atoms with E-state index in [0.29, 0.717) is 18.1 Å². The van der Waals surface area contributed by atoms with Crippen molar-refractivity contribution >= 4 is 29.1 Å². The largest absolute Gasteiger partial charge is 0.341 e. The Kier molecular flexibility index (Phi) is 5.09. The highest BCUT2D eigenvalue weighted by molar-refractivity contribution is 6.30. The second kappa shape index (κ2) is 7.28. The SMILES string of the molecule is Cc1ccc(N2CC(C(=O)N(C)Cc3cccc(Cl)c3)CC2=O)cc1. The van der Waals surface area contributed by atoms with Gasteiger partial charge < -0.3 is 9.80 Å². The second-order valence-electron chi connectivity index (χ2n) is 6.57. The Bertz CT molecular complexity index is 789. The average molecular weight is 357 g/mol. The predicted octanol–water partition coefficient (Wildman–Crippen LogP) is 3.66. The van der Waals surface area contributed by atoms with E-state index in [1.807, 2.05) is 55.5 Å². The van der Waals surface area contributed by atoms with Crippen LogP contribution in [0.2, 0.25) is 5.02 Å². The highest BCUT2D eigenvalue weighted by Gasteiger charge is 2.36. The molecule has 4 nitrogen and oxygen atoms in total. The maximum absolute atomic E-state index is 12.7. The molecule has 5 heteroatoms. The maximum Gasteiger partial charge on any atom is 0.228 e. The molecule has 1 saturated heterocycles. The van der Waals surface area contributed by atoms with Crippen molar-refractivity contribution in [1.29, 1.82) is 0 Å². The third-order valence-electron chi connectivity index (χ3n) is 4.50. The molecule has 1 aliphatic heterocycles. The highest BCUT2D eigenvalue weighted by Crippen LogP contribution is 2.26. The summed E-state index contributed by atoms with van der Waals surface area (Å²) in [5, 5.41) is 0.653. The number of rotatable bonds is 4. The minimum Gasteiger partial charge on any atom is -0.341 e. The van der Waals surface area contributed by atoms with Crippen LogP contribution in [0.3, 0.4) is 0 Å². The highest BCUT2D eigenvalue weighted by atomic mass is 35.5. The van der Waals surface area contributed by atoms with Gasteiger partial charge in [0, 0.05) is 37.3 Å². The van der Waals surface area contributed by atoms with Crippen LogP contribution in [0.15, 0.2) is 48.5 Å². The lowest BCUT2D eigenvalue weighted by Crippen LogP contribution is -2.34. The Balaban J connectivity index is 1.66. The lowest BCUT2D eigenvalue weighted by molar-refractivity contribution is -0.135. The fourth-order valence-corrected chi connectivity index (χ4v) is 3.36. The zero-order valence-electron chi connectivity index (χ0n) is 14.4. The smallest absolute Gasteiger partial charge is 0.228 e. The lowest BCUT2D eigenvalue weighted by Gasteiger charge is -2.22. The van der Waals surface area contributed by atoms with E-state index in [4.69, 9.17) is 11.6 Å². The molecule has 2 aromatic rings. The van der Waals surface area contributed by atoms with E-state index >= 15 is 0 Å². The standard InChI is InChI=1S/C20H21ClN2O2/c1-14-6-8-18(9-7-14)23-13-16(11-19(23)24)20(25)22(2)12-15-4-3-5-17(21)10-15/h3-10,16H,11-13H2,1-2H3. The lowest BCUT2D eigenvalue weighted by atomic mass is 10.1. The van der Waals surface area contributed by atoms with Gasteiger partial charge in [0.1, 0.15) is 0 Å². The number of hydrogen-bond donors (Lipinski definition) is 0. The first kappa shape index (κ1) is 17.5. The summed E-state index contributed by atoms with van der Waals surface area (Å²) in [4.78, 5) is 28.4. The van der Waals surface area contributed by atoms with Crippen molar-refractivity contribution < 1.29 is 9.59 Å². The predicted molar refractivity (Wildman–Crippen MR) is 99.6 cm³/mol. The third-order valence-corrected chi connectivity index (χ3v) is 4.74. The van der Waals surface area contributed by atoms with Gasteiger partial charge in [-0.25, -0.2) is 0 Å². The van der Waals surface area contributed by atoms with Crippen molar-refractivity contribution in [3.8, 4) is 0 Å². The van der Waals surface area contributed by atoms with Gasteiger partial charge in [0.2, 0.25) is 11.8 Å². The van der Waals surface area contributed by atoms with Gasteiger partial charge in [-0.1, -0.05) is 41.4 Å². The number of anilines is 1. The Morgan fingerprint density at radius 1 is 1.24 bits per heavy atom. The van der Waals surface area contributed by atoms with E-state index in [-0.39, 0.29) is 24.2 Å². The Morgan fingerprint density at radius 3 is 2.64 bits per heavy atom. The molecule has 0 aliphatic carbocycles. The van der Waals surface area contributed by atoms with Crippen molar-refractivity contribution in [2.24, 2.45) is 5.92 Å². The van der Waals surface area contributed by atoms with Gasteiger partial charge >= 0.3 is 0 Å². The zero-order chi connectivity index (χ0) is 18.0. The van der Waals surface area contributed by atoms with Crippen molar-refractivity contribution in [1.82, 2.24) is 4.90 Å². The number of carbonyl (C=O) groups is 2. The summed E-state index contributed by atoms with van der Waals surface area (Å²) in [5.74, 6) is -0.320. The fourth-order valence-electron chi connectivity index (χ4n) is 3.15. The summed E-state index contributed by atoms with van der Waals surface area (Å²) in [6.45, 7) is 2.92. The summed E-state index contributed by atoms with van der Waals surface area (Å²) in [6, 6.07) is 15.3. The van der Waals surface area contributed by atoms with Crippen molar-refractivity contribution in [3.63, 3.8) is 0 Å². The summed E-state index contributed by atoms with van der Waals surface area (Å²) in [5.41, 5.74) is 2.97. The Hall–Kier alpha value is -2.33. The monoisotopic (exact) mass is 356 g/mol. The van der Waals surface area contributed by atoms with E-state index in [0.717, 1.165) is 16.8 Å². The molecule has 1 heterocycles. The van der Waals surface area contributed by atoms with Gasteiger partial charge in [0.25, 0.3) is 0 Å². The molecule has 25 heavy (non-hydrogen) atoms. The van der Waals surface area contributed by atoms with Gasteiger partial charge in [-0.2, -0.15) is 0 Å². The zero-order valence-corrected chi connectivity index (χ0v) is 15.2. The molecule has 0 spiro atoms. The van der Waals surface area contributed by atoms with Crippen LogP contribution in [0.4, 0.5) is 5.69 Å². The van der Waals surface area contributed by atoms with E-state index in [9.17, 15) is 9.59 Å². The first-order valence-electron chi connectivity index (χ1n) is 8.30. The second-order valence-corrected chi connectivity index (χ2v) is 7.00. The third kappa shape index (κ3) is 4.02. The number of carbonyl (C=O) groups excluding carboxylic acids is 2. The van der Waals surface area contributed by atoms with Crippen LogP contribution >= 0.6 is 11.6 Å². The fraction of sp³-hybridized carbons (Fsp3) is 0.300. The number of amides is 2. The molecule has 2 aromatic carbocycles. The summed E-state index contributed by atoms with van der Waals surface area (Å²) >= 11 is 6.00. The van der Waals surface area contributed by atoms with Gasteiger partial charge in [-0.15, -0.1) is 0 Å². The summed E-state index contributed by atoms with van der Waals surface area (Å²) in [7, 11) is 1.77. The van der Waals surface area contributed by atoms with Gasteiger partial charge in [0.05, 0.1) is 5.92 Å². The molecule has 1 fully saturated rings. The normalized spacial score (nSPS) is 17.0. The van der Waals surface area contributed by atoms with E-state index in [1.165, 1.54) is 0 Å². The molecule has 1 atom stereocenters. The quantitative estimate of drug-likeness (QED) is 0.838. The molecule has 2 amide bonds. The Labute approximate surface area is 153 Å². The molecular weight excluding hydrogens is 336 g/mol. The molecular formula is C20H21ClN2O2. The molecule has 1 aliphatic rings. The van der Waals surface area contributed by atoms with Gasteiger partial charge in [-0.05, 0) is 36.8 Å². The van der Waals surface area contributed by atoms with Crippen LogP contribution in [-0.2, 0) is 16.1 Å². The number of halogens is 1. The molecule has 1 unspecified atom stereocenters. The van der Waals surface area contributed by atoms with Crippen molar-refractivity contribution in [2.45, 2.75) is 19.9 Å². The molecule has 0 aromatic heterocycles. The minimum atomic E-state index is -0.307. The van der Waals surface area contributed by atoms with Crippen LogP contribution < -0.4 is 4.90 Å². The van der Waals surface area contributed by atoms with Crippen molar-refractivity contribution in [3.05, 3.63) is 64.7 Å². The Morgan fingerprint density at radius 2 is 1.96 bits per heavy atom. The van der Waals surface area contributed by atoms with Crippen molar-refractivity contribution in [2.75, 3.05) is 18.5 Å². The van der Waals surface area contributed by atoms with E-state index < -0.39 is 0 Å². The van der Waals surface area contributed by atoms with Crippen LogP contribution in [-0.4, -0.2) is 30.3 Å². The molecule has 0 saturated carbocycles. The van der Waals surface area contributed by atoms with Crippen LogP contribution in [0, 0.1) is 12.8 Å². The molecule has 0 bridgehead atoms. The number of nitrogens with zero attached hydrogens (tertiary/aromatic N) is 2. The van der Waals surface area contributed by atoms with Crippen LogP contribution in [0.25, 0.3) is 0 Å². The summed E-state index contributed by atoms with van der Waals surface area (Å²) in [6.07, 6.45) is 0.257. The van der Waals surface area contributed by atoms with E-state index in [2.05, 4.69) is 0 Å². The first-order valence-corrected chi connectivity index (χ1v) is 8.68. The summed E-state index contributed by atoms with van der Waals surface area (Å²) < 4.78 is 0. The van der Waals surface area contributed by atoms with Gasteiger partial charge in [0.15, 0.2) is 0 Å². The maximum atomic E-state index is 12.7. The number of hydrogen-bond acceptors (Lipinski definition) is 2.